The molecule has 9 heteroatoms. The zero-order chi connectivity index (χ0) is 24.9. The van der Waals surface area contributed by atoms with E-state index in [1.807, 2.05) is 51.1 Å². The van der Waals surface area contributed by atoms with Crippen LogP contribution in [0.15, 0.2) is 40.6 Å². The van der Waals surface area contributed by atoms with E-state index in [-0.39, 0.29) is 18.3 Å². The molecule has 0 radical (unpaired) electrons. The first-order valence-electron chi connectivity index (χ1n) is 11.2. The van der Waals surface area contributed by atoms with E-state index in [0.717, 1.165) is 32.5 Å². The summed E-state index contributed by atoms with van der Waals surface area (Å²) in [4.78, 5) is 10.8. The molecule has 0 saturated heterocycles. The van der Waals surface area contributed by atoms with Gasteiger partial charge in [-0.3, -0.25) is 4.79 Å². The monoisotopic (exact) mass is 523 g/mol. The lowest BCUT2D eigenvalue weighted by atomic mass is 10.0. The molecule has 1 unspecified atom stereocenters. The lowest BCUT2D eigenvalue weighted by Gasteiger charge is -2.17. The van der Waals surface area contributed by atoms with Gasteiger partial charge in [0.05, 0.1) is 5.75 Å². The summed E-state index contributed by atoms with van der Waals surface area (Å²) < 4.78 is 33.1. The Morgan fingerprint density at radius 1 is 1.21 bits per heavy atom. The van der Waals surface area contributed by atoms with Gasteiger partial charge in [-0.2, -0.15) is 0 Å². The third kappa shape index (κ3) is 6.95. The van der Waals surface area contributed by atoms with Crippen LogP contribution in [0.25, 0.3) is 10.1 Å². The Morgan fingerprint density at radius 3 is 2.68 bits per heavy atom. The summed E-state index contributed by atoms with van der Waals surface area (Å²) in [5.74, 6) is -0.00180. The van der Waals surface area contributed by atoms with Crippen LogP contribution in [0.1, 0.15) is 36.5 Å². The van der Waals surface area contributed by atoms with Crippen molar-refractivity contribution in [2.45, 2.75) is 50.3 Å². The number of sulfone groups is 1. The van der Waals surface area contributed by atoms with Gasteiger partial charge in [0, 0.05) is 22.7 Å². The first-order valence-corrected chi connectivity index (χ1v) is 14.0. The van der Waals surface area contributed by atoms with Gasteiger partial charge in [0.1, 0.15) is 16.1 Å². The molecule has 1 aromatic heterocycles. The van der Waals surface area contributed by atoms with Crippen LogP contribution < -0.4 is 10.1 Å². The number of hydrogen-bond donors (Lipinski definition) is 2. The van der Waals surface area contributed by atoms with Crippen molar-refractivity contribution in [3.05, 3.63) is 58.1 Å². The SMILES string of the molecule is Cc1cc(OC(C)CNCCCS(=O)(=O)c2sc3ccc(Cl)cc3c2C)ccc1CCC(=O)O. The van der Waals surface area contributed by atoms with Gasteiger partial charge in [0.25, 0.3) is 0 Å². The fraction of sp³-hybridized carbons (Fsp3) is 0.400. The lowest BCUT2D eigenvalue weighted by Crippen LogP contribution is -2.30. The number of carboxylic acids is 1. The molecule has 2 N–H and O–H groups in total. The second kappa shape index (κ2) is 11.5. The summed E-state index contributed by atoms with van der Waals surface area (Å²) in [7, 11) is -3.37. The smallest absolute Gasteiger partial charge is 0.303 e. The highest BCUT2D eigenvalue weighted by Crippen LogP contribution is 2.36. The van der Waals surface area contributed by atoms with E-state index in [0.29, 0.717) is 35.2 Å². The number of fused-ring (bicyclic) bond motifs is 1. The van der Waals surface area contributed by atoms with Crippen molar-refractivity contribution in [3.8, 4) is 5.75 Å². The van der Waals surface area contributed by atoms with E-state index >= 15 is 0 Å². The second-order valence-electron chi connectivity index (χ2n) is 8.44. The minimum atomic E-state index is -3.37. The molecule has 0 aliphatic carbocycles. The van der Waals surface area contributed by atoms with Crippen molar-refractivity contribution < 1.29 is 23.1 Å². The Hall–Kier alpha value is -2.13. The molecule has 0 spiro atoms. The Morgan fingerprint density at radius 2 is 1.97 bits per heavy atom. The molecule has 2 aromatic carbocycles. The molecule has 0 aliphatic rings. The summed E-state index contributed by atoms with van der Waals surface area (Å²) in [5, 5.41) is 13.6. The Kier molecular flexibility index (Phi) is 8.98. The van der Waals surface area contributed by atoms with Crippen LogP contribution >= 0.6 is 22.9 Å². The van der Waals surface area contributed by atoms with Crippen molar-refractivity contribution in [2.75, 3.05) is 18.8 Å². The van der Waals surface area contributed by atoms with Gasteiger partial charge in [-0.05, 0) is 92.6 Å². The molecular weight excluding hydrogens is 494 g/mol. The molecule has 0 amide bonds. The van der Waals surface area contributed by atoms with Gasteiger partial charge in [0.2, 0.25) is 0 Å². The minimum absolute atomic E-state index is 0.0770. The summed E-state index contributed by atoms with van der Waals surface area (Å²) in [6, 6.07) is 11.1. The summed E-state index contributed by atoms with van der Waals surface area (Å²) in [6.07, 6.45) is 1.00. The molecule has 1 heterocycles. The van der Waals surface area contributed by atoms with Crippen molar-refractivity contribution in [1.29, 1.82) is 0 Å². The van der Waals surface area contributed by atoms with Crippen LogP contribution in [0, 0.1) is 13.8 Å². The number of benzene rings is 2. The minimum Gasteiger partial charge on any atom is -0.489 e. The van der Waals surface area contributed by atoms with Crippen LogP contribution in [-0.2, 0) is 21.1 Å². The molecule has 1 atom stereocenters. The number of carbonyl (C=O) groups is 1. The number of halogens is 1. The maximum Gasteiger partial charge on any atom is 0.303 e. The predicted molar refractivity (Wildman–Crippen MR) is 138 cm³/mol. The Balaban J connectivity index is 1.45. The van der Waals surface area contributed by atoms with Gasteiger partial charge in [-0.25, -0.2) is 8.42 Å². The van der Waals surface area contributed by atoms with Crippen LogP contribution in [-0.4, -0.2) is 44.4 Å². The van der Waals surface area contributed by atoms with Gasteiger partial charge < -0.3 is 15.2 Å². The first-order chi connectivity index (χ1) is 16.1. The van der Waals surface area contributed by atoms with Gasteiger partial charge in [0.15, 0.2) is 9.84 Å². The van der Waals surface area contributed by atoms with Crippen LogP contribution in [0.5, 0.6) is 5.75 Å². The number of nitrogens with one attached hydrogen (secondary N) is 1. The van der Waals surface area contributed by atoms with Crippen LogP contribution in [0.2, 0.25) is 5.02 Å². The average molecular weight is 524 g/mol. The van der Waals surface area contributed by atoms with E-state index in [1.54, 1.807) is 6.07 Å². The number of ether oxygens (including phenoxy) is 1. The van der Waals surface area contributed by atoms with E-state index < -0.39 is 15.8 Å². The normalized spacial score (nSPS) is 12.7. The maximum atomic E-state index is 12.9. The third-order valence-corrected chi connectivity index (χ3v) is 9.61. The van der Waals surface area contributed by atoms with Gasteiger partial charge in [-0.1, -0.05) is 17.7 Å². The molecule has 34 heavy (non-hydrogen) atoms. The first kappa shape index (κ1) is 26.5. The van der Waals surface area contributed by atoms with Crippen molar-refractivity contribution in [1.82, 2.24) is 5.32 Å². The lowest BCUT2D eigenvalue weighted by molar-refractivity contribution is -0.136. The molecule has 0 saturated carbocycles. The fourth-order valence-electron chi connectivity index (χ4n) is 3.79. The van der Waals surface area contributed by atoms with Crippen LogP contribution in [0.4, 0.5) is 0 Å². The van der Waals surface area contributed by atoms with Crippen molar-refractivity contribution in [2.24, 2.45) is 0 Å². The Labute approximate surface area is 209 Å². The Bertz CT molecular complexity index is 1270. The quantitative estimate of drug-likeness (QED) is 0.308. The van der Waals surface area contributed by atoms with E-state index in [9.17, 15) is 13.2 Å². The average Bonchev–Trinajstić information content (AvgIpc) is 3.09. The van der Waals surface area contributed by atoms with E-state index in [4.69, 9.17) is 21.4 Å². The number of aryl methyl sites for hydroxylation is 3. The molecule has 0 aliphatic heterocycles. The summed E-state index contributed by atoms with van der Waals surface area (Å²) >= 11 is 7.36. The van der Waals surface area contributed by atoms with Crippen molar-refractivity contribution >= 4 is 48.8 Å². The second-order valence-corrected chi connectivity index (χ2v) is 12.2. The predicted octanol–water partition coefficient (Wildman–Crippen LogP) is 5.41. The molecule has 6 nitrogen and oxygen atoms in total. The molecule has 184 valence electrons. The highest BCUT2D eigenvalue weighted by atomic mass is 35.5. The third-order valence-electron chi connectivity index (χ3n) is 5.59. The fourth-order valence-corrected chi connectivity index (χ4v) is 7.20. The molecule has 3 aromatic rings. The molecule has 0 bridgehead atoms. The zero-order valence-electron chi connectivity index (χ0n) is 19.6. The van der Waals surface area contributed by atoms with E-state index in [1.165, 1.54) is 11.3 Å². The van der Waals surface area contributed by atoms with Crippen molar-refractivity contribution in [3.63, 3.8) is 0 Å². The number of carboxylic acid groups (broad SMARTS) is 1. The number of thiophene rings is 1. The number of aliphatic carboxylic acids is 1. The number of rotatable bonds is 12. The summed E-state index contributed by atoms with van der Waals surface area (Å²) in [6.45, 7) is 6.87. The topological polar surface area (TPSA) is 92.7 Å². The standard InChI is InChI=1S/C25H30ClNO5S2/c1-16-13-21(8-5-19(16)6-10-24(28)29)32-17(2)15-27-11-4-12-34(30,31)25-18(3)22-14-20(26)7-9-23(22)33-25/h5,7-9,13-14,17,27H,4,6,10-12,15H2,1-3H3,(H,28,29). The highest BCUT2D eigenvalue weighted by molar-refractivity contribution is 7.93. The number of hydrogen-bond acceptors (Lipinski definition) is 6. The van der Waals surface area contributed by atoms with Gasteiger partial charge >= 0.3 is 5.97 Å². The summed E-state index contributed by atoms with van der Waals surface area (Å²) in [5.41, 5.74) is 2.77. The van der Waals surface area contributed by atoms with E-state index in [2.05, 4.69) is 5.32 Å². The maximum absolute atomic E-state index is 12.9. The highest BCUT2D eigenvalue weighted by Gasteiger charge is 2.21. The van der Waals surface area contributed by atoms with Gasteiger partial charge in [-0.15, -0.1) is 11.3 Å². The largest absolute Gasteiger partial charge is 0.489 e. The molecular formula is C25H30ClNO5S2. The molecule has 0 fully saturated rings. The molecule has 3 rings (SSSR count). The van der Waals surface area contributed by atoms with Crippen LogP contribution in [0.3, 0.4) is 0 Å². The zero-order valence-corrected chi connectivity index (χ0v) is 21.9.